The van der Waals surface area contributed by atoms with E-state index in [0.29, 0.717) is 12.0 Å². The van der Waals surface area contributed by atoms with Gasteiger partial charge in [-0.15, -0.1) is 0 Å². The molecular weight excluding hydrogens is 414 g/mol. The predicted octanol–water partition coefficient (Wildman–Crippen LogP) is 4.46. The van der Waals surface area contributed by atoms with Crippen LogP contribution in [0, 0.1) is 0 Å². The number of morpholine rings is 1. The van der Waals surface area contributed by atoms with Gasteiger partial charge in [0.2, 0.25) is 5.95 Å². The third-order valence-electron chi connectivity index (χ3n) is 6.54. The van der Waals surface area contributed by atoms with Crippen LogP contribution < -0.4 is 15.0 Å². The molecule has 33 heavy (non-hydrogen) atoms. The normalized spacial score (nSPS) is 18.1. The molecular formula is C26H33N5O2. The van der Waals surface area contributed by atoms with Crippen molar-refractivity contribution in [2.75, 3.05) is 49.6 Å². The lowest BCUT2D eigenvalue weighted by atomic mass is 10.1. The van der Waals surface area contributed by atoms with Crippen LogP contribution in [0.5, 0.6) is 5.75 Å². The van der Waals surface area contributed by atoms with Crippen molar-refractivity contribution >= 4 is 28.2 Å². The summed E-state index contributed by atoms with van der Waals surface area (Å²) in [6.45, 7) is 10.1. The summed E-state index contributed by atoms with van der Waals surface area (Å²) in [4.78, 5) is 14.1. The van der Waals surface area contributed by atoms with Gasteiger partial charge in [0.05, 0.1) is 18.7 Å². The summed E-state index contributed by atoms with van der Waals surface area (Å²) >= 11 is 0. The number of piperidine rings is 1. The number of aromatic nitrogens is 2. The maximum absolute atomic E-state index is 6.31. The summed E-state index contributed by atoms with van der Waals surface area (Å²) in [5, 5.41) is 4.37. The summed E-state index contributed by atoms with van der Waals surface area (Å²) in [5.74, 6) is 1.47. The summed E-state index contributed by atoms with van der Waals surface area (Å²) in [7, 11) is 0. The van der Waals surface area contributed by atoms with E-state index in [4.69, 9.17) is 14.5 Å². The van der Waals surface area contributed by atoms with E-state index < -0.39 is 0 Å². The summed E-state index contributed by atoms with van der Waals surface area (Å²) in [6, 6.07) is 15.1. The Morgan fingerprint density at radius 2 is 1.85 bits per heavy atom. The van der Waals surface area contributed by atoms with Crippen LogP contribution in [0.25, 0.3) is 10.9 Å². The van der Waals surface area contributed by atoms with Gasteiger partial charge in [0.25, 0.3) is 0 Å². The topological polar surface area (TPSA) is 62.8 Å². The average molecular weight is 448 g/mol. The van der Waals surface area contributed by atoms with E-state index in [1.165, 1.54) is 5.69 Å². The standard InChI is InChI=1S/C26H33N5O2/c1-19(2)30-10-8-23(9-11-30)33-24-7-6-20-18-27-26(29-25(20)17-24)28-21-4-3-5-22(16-21)31-12-14-32-15-13-31/h3-7,16-19,23H,8-15H2,1-2H3,(H,27,28,29). The number of ether oxygens (including phenoxy) is 2. The highest BCUT2D eigenvalue weighted by Gasteiger charge is 2.22. The fourth-order valence-electron chi connectivity index (χ4n) is 4.57. The number of fused-ring (bicyclic) bond motifs is 1. The number of rotatable bonds is 6. The van der Waals surface area contributed by atoms with Gasteiger partial charge < -0.3 is 24.6 Å². The van der Waals surface area contributed by atoms with Gasteiger partial charge >= 0.3 is 0 Å². The molecule has 3 heterocycles. The minimum atomic E-state index is 0.264. The maximum Gasteiger partial charge on any atom is 0.227 e. The molecule has 0 amide bonds. The lowest BCUT2D eigenvalue weighted by Gasteiger charge is -2.34. The van der Waals surface area contributed by atoms with Gasteiger partial charge in [-0.1, -0.05) is 6.07 Å². The first-order chi connectivity index (χ1) is 16.1. The Bertz CT molecular complexity index is 1080. The molecule has 0 bridgehead atoms. The summed E-state index contributed by atoms with van der Waals surface area (Å²) in [5.41, 5.74) is 3.04. The SMILES string of the molecule is CC(C)N1CCC(Oc2ccc3cnc(Nc4cccc(N5CCOCC5)c4)nc3c2)CC1. The van der Waals surface area contributed by atoms with Gasteiger partial charge in [-0.05, 0) is 57.0 Å². The zero-order valence-electron chi connectivity index (χ0n) is 19.5. The van der Waals surface area contributed by atoms with E-state index in [1.807, 2.05) is 30.5 Å². The van der Waals surface area contributed by atoms with Crippen molar-refractivity contribution < 1.29 is 9.47 Å². The average Bonchev–Trinajstić information content (AvgIpc) is 2.85. The van der Waals surface area contributed by atoms with Gasteiger partial charge in [0.15, 0.2) is 0 Å². The van der Waals surface area contributed by atoms with Crippen molar-refractivity contribution in [3.05, 3.63) is 48.7 Å². The molecule has 5 rings (SSSR count). The fraction of sp³-hybridized carbons (Fsp3) is 0.462. The zero-order valence-corrected chi connectivity index (χ0v) is 19.5. The van der Waals surface area contributed by atoms with Crippen LogP contribution in [-0.2, 0) is 4.74 Å². The molecule has 2 aliphatic heterocycles. The van der Waals surface area contributed by atoms with Crippen LogP contribution in [0.15, 0.2) is 48.7 Å². The second kappa shape index (κ2) is 9.93. The van der Waals surface area contributed by atoms with Crippen LogP contribution in [-0.4, -0.2) is 66.4 Å². The number of benzene rings is 2. The van der Waals surface area contributed by atoms with Crippen LogP contribution in [0.2, 0.25) is 0 Å². The molecule has 7 heteroatoms. The fourth-order valence-corrected chi connectivity index (χ4v) is 4.57. The van der Waals surface area contributed by atoms with Gasteiger partial charge in [-0.25, -0.2) is 9.97 Å². The van der Waals surface area contributed by atoms with Gasteiger partial charge in [0.1, 0.15) is 11.9 Å². The molecule has 0 aliphatic carbocycles. The quantitative estimate of drug-likeness (QED) is 0.598. The molecule has 2 aliphatic rings. The van der Waals surface area contributed by atoms with Crippen molar-refractivity contribution in [2.24, 2.45) is 0 Å². The van der Waals surface area contributed by atoms with E-state index >= 15 is 0 Å². The second-order valence-corrected chi connectivity index (χ2v) is 9.14. The predicted molar refractivity (Wildman–Crippen MR) is 133 cm³/mol. The molecule has 0 unspecified atom stereocenters. The first-order valence-electron chi connectivity index (χ1n) is 12.0. The number of nitrogens with one attached hydrogen (secondary N) is 1. The van der Waals surface area contributed by atoms with Gasteiger partial charge in [-0.2, -0.15) is 0 Å². The molecule has 2 aromatic carbocycles. The Balaban J connectivity index is 1.27. The molecule has 174 valence electrons. The third-order valence-corrected chi connectivity index (χ3v) is 6.54. The Labute approximate surface area is 195 Å². The van der Waals surface area contributed by atoms with Crippen LogP contribution >= 0.6 is 0 Å². The number of anilines is 3. The first kappa shape index (κ1) is 21.9. The van der Waals surface area contributed by atoms with E-state index in [-0.39, 0.29) is 6.10 Å². The highest BCUT2D eigenvalue weighted by molar-refractivity contribution is 5.80. The Morgan fingerprint density at radius 1 is 1.03 bits per heavy atom. The molecule has 1 N–H and O–H groups in total. The number of hydrogen-bond donors (Lipinski definition) is 1. The molecule has 0 radical (unpaired) electrons. The van der Waals surface area contributed by atoms with Crippen LogP contribution in [0.4, 0.5) is 17.3 Å². The molecule has 0 atom stereocenters. The van der Waals surface area contributed by atoms with Crippen molar-refractivity contribution in [1.29, 1.82) is 0 Å². The Morgan fingerprint density at radius 3 is 2.64 bits per heavy atom. The van der Waals surface area contributed by atoms with Gasteiger partial charge in [0, 0.05) is 61.2 Å². The van der Waals surface area contributed by atoms with Crippen molar-refractivity contribution in [3.8, 4) is 5.75 Å². The lowest BCUT2D eigenvalue weighted by Crippen LogP contribution is -2.41. The maximum atomic E-state index is 6.31. The van der Waals surface area contributed by atoms with Crippen LogP contribution in [0.3, 0.4) is 0 Å². The highest BCUT2D eigenvalue weighted by atomic mass is 16.5. The summed E-state index contributed by atoms with van der Waals surface area (Å²) < 4.78 is 11.8. The molecule has 0 saturated carbocycles. The minimum Gasteiger partial charge on any atom is -0.490 e. The van der Waals surface area contributed by atoms with Crippen molar-refractivity contribution in [3.63, 3.8) is 0 Å². The molecule has 0 spiro atoms. The van der Waals surface area contributed by atoms with E-state index in [2.05, 4.69) is 52.1 Å². The van der Waals surface area contributed by atoms with E-state index in [0.717, 1.165) is 74.6 Å². The molecule has 1 aromatic heterocycles. The smallest absolute Gasteiger partial charge is 0.227 e. The summed E-state index contributed by atoms with van der Waals surface area (Å²) in [6.07, 6.45) is 4.25. The van der Waals surface area contributed by atoms with Gasteiger partial charge in [-0.3, -0.25) is 0 Å². The third kappa shape index (κ3) is 5.37. The largest absolute Gasteiger partial charge is 0.490 e. The van der Waals surface area contributed by atoms with E-state index in [1.54, 1.807) is 0 Å². The molecule has 2 saturated heterocycles. The monoisotopic (exact) mass is 447 g/mol. The molecule has 2 fully saturated rings. The lowest BCUT2D eigenvalue weighted by molar-refractivity contribution is 0.0844. The number of nitrogens with zero attached hydrogens (tertiary/aromatic N) is 4. The molecule has 3 aromatic rings. The van der Waals surface area contributed by atoms with Crippen LogP contribution in [0.1, 0.15) is 26.7 Å². The van der Waals surface area contributed by atoms with Crippen molar-refractivity contribution in [1.82, 2.24) is 14.9 Å². The molecule has 7 nitrogen and oxygen atoms in total. The van der Waals surface area contributed by atoms with E-state index in [9.17, 15) is 0 Å². The number of hydrogen-bond acceptors (Lipinski definition) is 7. The highest BCUT2D eigenvalue weighted by Crippen LogP contribution is 2.26. The van der Waals surface area contributed by atoms with Crippen molar-refractivity contribution in [2.45, 2.75) is 38.8 Å². The Hall–Kier alpha value is -2.90. The number of likely N-dealkylation sites (tertiary alicyclic amines) is 1. The second-order valence-electron chi connectivity index (χ2n) is 9.14. The first-order valence-corrected chi connectivity index (χ1v) is 12.0. The Kier molecular flexibility index (Phi) is 6.60. The minimum absolute atomic E-state index is 0.264. The zero-order chi connectivity index (χ0) is 22.6.